The van der Waals surface area contributed by atoms with Crippen molar-refractivity contribution in [2.24, 2.45) is 5.41 Å². The summed E-state index contributed by atoms with van der Waals surface area (Å²) in [5.41, 5.74) is -0.199. The van der Waals surface area contributed by atoms with Crippen molar-refractivity contribution in [2.45, 2.75) is 26.8 Å². The smallest absolute Gasteiger partial charge is 0.330 e. The largest absolute Gasteiger partial charge is 0.479 e. The van der Waals surface area contributed by atoms with E-state index in [1.54, 1.807) is 18.2 Å². The molecule has 0 spiro atoms. The van der Waals surface area contributed by atoms with Crippen LogP contribution >= 0.6 is 0 Å². The topological polar surface area (TPSA) is 101 Å². The summed E-state index contributed by atoms with van der Waals surface area (Å²) < 4.78 is 5.50. The zero-order chi connectivity index (χ0) is 19.2. The van der Waals surface area contributed by atoms with Gasteiger partial charge in [-0.25, -0.2) is 14.8 Å². The molecule has 2 aromatic rings. The Kier molecular flexibility index (Phi) is 6.06. The van der Waals surface area contributed by atoms with Gasteiger partial charge in [0.2, 0.25) is 5.88 Å². The summed E-state index contributed by atoms with van der Waals surface area (Å²) in [4.78, 5) is 31.5. The molecule has 2 N–H and O–H groups in total. The molecular weight excluding hydrogens is 334 g/mol. The molecule has 2 rings (SSSR count). The first kappa shape index (κ1) is 19.1. The Hall–Kier alpha value is -3.22. The van der Waals surface area contributed by atoms with Crippen LogP contribution in [0.5, 0.6) is 11.6 Å². The van der Waals surface area contributed by atoms with Crippen molar-refractivity contribution in [2.75, 3.05) is 0 Å². The lowest BCUT2D eigenvalue weighted by Gasteiger charge is -2.15. The number of nitrogens with zero attached hydrogens (tertiary/aromatic N) is 2. The Labute approximate surface area is 151 Å². The lowest BCUT2D eigenvalue weighted by atomic mass is 9.95. The molecule has 1 aromatic carbocycles. The van der Waals surface area contributed by atoms with E-state index in [0.29, 0.717) is 5.75 Å². The highest BCUT2D eigenvalue weighted by Gasteiger charge is 2.20. The van der Waals surface area contributed by atoms with E-state index in [4.69, 9.17) is 4.74 Å². The summed E-state index contributed by atoms with van der Waals surface area (Å²) in [6.45, 7) is 5.80. The van der Waals surface area contributed by atoms with Crippen LogP contribution in [-0.2, 0) is 4.79 Å². The number of amides is 1. The molecule has 0 aliphatic rings. The van der Waals surface area contributed by atoms with Crippen LogP contribution in [-0.4, -0.2) is 33.0 Å². The van der Waals surface area contributed by atoms with Gasteiger partial charge in [0.25, 0.3) is 5.91 Å². The molecule has 0 radical (unpaired) electrons. The number of ether oxygens (including phenoxy) is 1. The Balaban J connectivity index is 2.04. The highest BCUT2D eigenvalue weighted by Crippen LogP contribution is 2.17. The maximum Gasteiger partial charge on any atom is 0.330 e. The second kappa shape index (κ2) is 8.24. The zero-order valence-electron chi connectivity index (χ0n) is 14.8. The third-order valence-corrected chi connectivity index (χ3v) is 3.17. The predicted molar refractivity (Wildman–Crippen MR) is 96.0 cm³/mol. The maximum atomic E-state index is 12.2. The average molecular weight is 355 g/mol. The van der Waals surface area contributed by atoms with Crippen molar-refractivity contribution in [3.8, 4) is 11.6 Å². The minimum Gasteiger partial charge on any atom is -0.479 e. The third kappa shape index (κ3) is 6.01. The van der Waals surface area contributed by atoms with Crippen molar-refractivity contribution in [1.29, 1.82) is 0 Å². The molecule has 7 heteroatoms. The third-order valence-electron chi connectivity index (χ3n) is 3.17. The highest BCUT2D eigenvalue weighted by atomic mass is 16.5. The number of hydrogen-bond acceptors (Lipinski definition) is 5. The molecule has 0 unspecified atom stereocenters. The van der Waals surface area contributed by atoms with E-state index in [2.05, 4.69) is 15.3 Å². The van der Waals surface area contributed by atoms with Gasteiger partial charge in [-0.05, 0) is 17.5 Å². The van der Waals surface area contributed by atoms with E-state index in [0.717, 1.165) is 0 Å². The van der Waals surface area contributed by atoms with Gasteiger partial charge in [-0.2, -0.15) is 0 Å². The molecule has 0 aliphatic carbocycles. The monoisotopic (exact) mass is 355 g/mol. The lowest BCUT2D eigenvalue weighted by molar-refractivity contribution is -0.137. The van der Waals surface area contributed by atoms with Crippen molar-refractivity contribution < 1.29 is 19.4 Å². The summed E-state index contributed by atoms with van der Waals surface area (Å²) in [6, 6.07) is 7.88. The second-order valence-electron chi connectivity index (χ2n) is 6.67. The molecule has 0 fully saturated rings. The first-order chi connectivity index (χ1) is 12.2. The first-order valence-corrected chi connectivity index (χ1v) is 8.02. The van der Waals surface area contributed by atoms with Crippen molar-refractivity contribution in [3.63, 3.8) is 0 Å². The van der Waals surface area contributed by atoms with Crippen molar-refractivity contribution in [3.05, 3.63) is 60.6 Å². The zero-order valence-corrected chi connectivity index (χ0v) is 14.8. The SMILES string of the molecule is CC(C)(C)/C=C/[C@@H](NC(=O)c1cnc(Oc2ccccc2)cn1)C(=O)O. The van der Waals surface area contributed by atoms with Gasteiger partial charge in [-0.1, -0.05) is 51.1 Å². The van der Waals surface area contributed by atoms with Gasteiger partial charge in [-0.15, -0.1) is 0 Å². The van der Waals surface area contributed by atoms with Gasteiger partial charge >= 0.3 is 5.97 Å². The number of aromatic nitrogens is 2. The van der Waals surface area contributed by atoms with E-state index in [9.17, 15) is 14.7 Å². The van der Waals surface area contributed by atoms with E-state index in [1.807, 2.05) is 39.0 Å². The van der Waals surface area contributed by atoms with Gasteiger partial charge in [-0.3, -0.25) is 4.79 Å². The number of hydrogen-bond donors (Lipinski definition) is 2. The molecule has 7 nitrogen and oxygen atoms in total. The maximum absolute atomic E-state index is 12.2. The van der Waals surface area contributed by atoms with Gasteiger partial charge in [0.1, 0.15) is 17.5 Å². The Morgan fingerprint density at radius 1 is 1.15 bits per heavy atom. The molecule has 26 heavy (non-hydrogen) atoms. The minimum atomic E-state index is -1.16. The molecule has 0 saturated carbocycles. The van der Waals surface area contributed by atoms with E-state index < -0.39 is 17.9 Å². The average Bonchev–Trinajstić information content (AvgIpc) is 2.59. The predicted octanol–water partition coefficient (Wildman–Crippen LogP) is 3.05. The fraction of sp³-hybridized carbons (Fsp3) is 0.263. The number of para-hydroxylation sites is 1. The number of aliphatic carboxylic acids is 1. The molecule has 136 valence electrons. The summed E-state index contributed by atoms with van der Waals surface area (Å²) in [5, 5.41) is 11.7. The Bertz CT molecular complexity index is 781. The van der Waals surface area contributed by atoms with Gasteiger partial charge < -0.3 is 15.2 Å². The fourth-order valence-corrected chi connectivity index (χ4v) is 1.89. The number of rotatable bonds is 6. The van der Waals surface area contributed by atoms with Crippen LogP contribution in [0.4, 0.5) is 0 Å². The number of benzene rings is 1. The number of carboxylic acid groups (broad SMARTS) is 1. The summed E-state index contributed by atoms with van der Waals surface area (Å²) in [6.07, 6.45) is 5.72. The molecule has 1 amide bonds. The van der Waals surface area contributed by atoms with E-state index in [1.165, 1.54) is 18.5 Å². The molecule has 0 bridgehead atoms. The lowest BCUT2D eigenvalue weighted by Crippen LogP contribution is -2.39. The summed E-state index contributed by atoms with van der Waals surface area (Å²) in [5.74, 6) is -0.960. The number of allylic oxidation sites excluding steroid dienone is 1. The number of nitrogens with one attached hydrogen (secondary N) is 1. The normalized spacial score (nSPS) is 12.6. The van der Waals surface area contributed by atoms with Crippen LogP contribution in [0.25, 0.3) is 0 Å². The van der Waals surface area contributed by atoms with Gasteiger partial charge in [0.05, 0.1) is 12.4 Å². The summed E-state index contributed by atoms with van der Waals surface area (Å²) in [7, 11) is 0. The quantitative estimate of drug-likeness (QED) is 0.772. The molecule has 1 heterocycles. The molecular formula is C19H21N3O4. The van der Waals surface area contributed by atoms with Crippen molar-refractivity contribution >= 4 is 11.9 Å². The fourth-order valence-electron chi connectivity index (χ4n) is 1.89. The van der Waals surface area contributed by atoms with Crippen LogP contribution in [0.1, 0.15) is 31.3 Å². The first-order valence-electron chi connectivity index (χ1n) is 8.02. The second-order valence-corrected chi connectivity index (χ2v) is 6.67. The van der Waals surface area contributed by atoms with Crippen molar-refractivity contribution in [1.82, 2.24) is 15.3 Å². The van der Waals surface area contributed by atoms with Crippen LogP contribution in [0, 0.1) is 5.41 Å². The van der Waals surface area contributed by atoms with Gasteiger partial charge in [0.15, 0.2) is 0 Å². The number of carbonyl (C=O) groups is 2. The van der Waals surface area contributed by atoms with Gasteiger partial charge in [0, 0.05) is 0 Å². The van der Waals surface area contributed by atoms with Crippen LogP contribution < -0.4 is 10.1 Å². The van der Waals surface area contributed by atoms with Crippen LogP contribution in [0.15, 0.2) is 54.9 Å². The molecule has 0 saturated heterocycles. The standard InChI is InChI=1S/C19H21N3O4/c1-19(2,3)10-9-14(18(24)25)22-17(23)15-11-21-16(12-20-15)26-13-7-5-4-6-8-13/h4-12,14H,1-3H3,(H,22,23)(H,24,25)/b10-9+/t14-/m1/s1. The molecule has 1 aromatic heterocycles. The summed E-state index contributed by atoms with van der Waals surface area (Å²) >= 11 is 0. The van der Waals surface area contributed by atoms with Crippen LogP contribution in [0.2, 0.25) is 0 Å². The molecule has 0 aliphatic heterocycles. The van der Waals surface area contributed by atoms with Crippen LogP contribution in [0.3, 0.4) is 0 Å². The number of carbonyl (C=O) groups excluding carboxylic acids is 1. The van der Waals surface area contributed by atoms with E-state index in [-0.39, 0.29) is 17.0 Å². The van der Waals surface area contributed by atoms with E-state index >= 15 is 0 Å². The Morgan fingerprint density at radius 2 is 1.85 bits per heavy atom. The number of carboxylic acids is 1. The highest BCUT2D eigenvalue weighted by molar-refractivity contribution is 5.95. The molecule has 1 atom stereocenters. The minimum absolute atomic E-state index is 0.000760. The Morgan fingerprint density at radius 3 is 2.38 bits per heavy atom.